The fraction of sp³-hybridized carbons (Fsp3) is 0.667. The highest BCUT2D eigenvalue weighted by atomic mass is 16.2. The minimum atomic E-state index is -0.343. The van der Waals surface area contributed by atoms with Gasteiger partial charge in [0.1, 0.15) is 7.85 Å². The number of hydrogen-bond acceptors (Lipinski definition) is 2. The first-order chi connectivity index (χ1) is 4.70. The maximum absolute atomic E-state index is 9.12. The zero-order valence-electron chi connectivity index (χ0n) is 6.25. The molecule has 1 rings (SSSR count). The molecule has 2 radical (unpaired) electrons. The highest BCUT2D eigenvalue weighted by Gasteiger charge is 2.16. The smallest absolute Gasteiger partial charge is 0.376 e. The molecule has 0 bridgehead atoms. The molecule has 0 atom stereocenters. The molecule has 2 nitrogen and oxygen atoms in total. The third-order valence-electron chi connectivity index (χ3n) is 1.80. The molecule has 52 valence electrons. The highest BCUT2D eigenvalue weighted by Crippen LogP contribution is 2.07. The van der Waals surface area contributed by atoms with E-state index in [1.807, 2.05) is 10.9 Å². The molecule has 0 aliphatic carbocycles. The van der Waals surface area contributed by atoms with Gasteiger partial charge in [0.05, 0.1) is 0 Å². The van der Waals surface area contributed by atoms with Crippen molar-refractivity contribution >= 4 is 14.9 Å². The van der Waals surface area contributed by atoms with E-state index in [2.05, 4.69) is 0 Å². The second-order valence-corrected chi connectivity index (χ2v) is 2.66. The molecule has 0 aromatic rings. The summed E-state index contributed by atoms with van der Waals surface area (Å²) in [5.41, 5.74) is 0.942. The van der Waals surface area contributed by atoms with Crippen molar-refractivity contribution in [2.75, 3.05) is 13.1 Å². The van der Waals surface area contributed by atoms with E-state index in [9.17, 15) is 0 Å². The highest BCUT2D eigenvalue weighted by molar-refractivity contribution is 6.45. The van der Waals surface area contributed by atoms with Gasteiger partial charge >= 0.3 is 7.05 Å². The molecular formula is C6H11B2NO. The van der Waals surface area contributed by atoms with E-state index in [0.717, 1.165) is 25.0 Å². The lowest BCUT2D eigenvalue weighted by Gasteiger charge is -2.25. The van der Waals surface area contributed by atoms with Crippen LogP contribution in [0.3, 0.4) is 0 Å². The Balaban J connectivity index is 2.42. The van der Waals surface area contributed by atoms with E-state index in [-0.39, 0.29) is 7.05 Å². The van der Waals surface area contributed by atoms with E-state index >= 15 is 0 Å². The molecule has 4 heteroatoms. The summed E-state index contributed by atoms with van der Waals surface area (Å²) >= 11 is 0. The van der Waals surface area contributed by atoms with Crippen LogP contribution in [0.4, 0.5) is 0 Å². The minimum Gasteiger partial charge on any atom is -0.437 e. The van der Waals surface area contributed by atoms with Gasteiger partial charge in [-0.2, -0.15) is 0 Å². The number of rotatable bonds is 1. The molecule has 0 fully saturated rings. The second-order valence-electron chi connectivity index (χ2n) is 2.66. The summed E-state index contributed by atoms with van der Waals surface area (Å²) in [6.07, 6.45) is 2.83. The molecule has 1 aliphatic rings. The molecule has 1 heterocycles. The van der Waals surface area contributed by atoms with Crippen molar-refractivity contribution in [2.45, 2.75) is 13.2 Å². The second kappa shape index (κ2) is 3.26. The lowest BCUT2D eigenvalue weighted by atomic mass is 9.80. The van der Waals surface area contributed by atoms with Crippen molar-refractivity contribution in [3.05, 3.63) is 11.5 Å². The van der Waals surface area contributed by atoms with Gasteiger partial charge in [0.25, 0.3) is 0 Å². The van der Waals surface area contributed by atoms with Gasteiger partial charge in [-0.1, -0.05) is 6.08 Å². The van der Waals surface area contributed by atoms with E-state index in [0.29, 0.717) is 0 Å². The van der Waals surface area contributed by atoms with Crippen LogP contribution in [0.1, 0.15) is 6.42 Å². The molecule has 0 unspecified atom stereocenters. The van der Waals surface area contributed by atoms with Crippen LogP contribution in [0.25, 0.3) is 0 Å². The fourth-order valence-electron chi connectivity index (χ4n) is 1.04. The summed E-state index contributed by atoms with van der Waals surface area (Å²) in [6.45, 7) is 3.43. The Bertz CT molecular complexity index is 147. The predicted octanol–water partition coefficient (Wildman–Crippen LogP) is -0.145. The quantitative estimate of drug-likeness (QED) is 0.505. The summed E-state index contributed by atoms with van der Waals surface area (Å²) in [5, 5.41) is 9.12. The molecule has 0 aromatic heterocycles. The van der Waals surface area contributed by atoms with Gasteiger partial charge in [-0.05, 0) is 19.8 Å². The maximum Gasteiger partial charge on any atom is 0.376 e. The van der Waals surface area contributed by atoms with Crippen molar-refractivity contribution in [2.24, 2.45) is 0 Å². The maximum atomic E-state index is 9.12. The Morgan fingerprint density at radius 2 is 2.50 bits per heavy atom. The molecule has 0 aromatic carbocycles. The van der Waals surface area contributed by atoms with Crippen LogP contribution in [-0.4, -0.2) is 37.8 Å². The number of nitrogens with zero attached hydrogens (tertiary/aromatic N) is 1. The Kier molecular flexibility index (Phi) is 2.57. The van der Waals surface area contributed by atoms with Crippen LogP contribution in [0.5, 0.6) is 0 Å². The first-order valence-electron chi connectivity index (χ1n) is 3.57. The molecule has 0 amide bonds. The van der Waals surface area contributed by atoms with Crippen LogP contribution in [0, 0.1) is 0 Å². The van der Waals surface area contributed by atoms with Gasteiger partial charge in [0.15, 0.2) is 0 Å². The van der Waals surface area contributed by atoms with Crippen molar-refractivity contribution in [1.29, 1.82) is 0 Å². The van der Waals surface area contributed by atoms with Crippen LogP contribution in [0.2, 0.25) is 6.82 Å². The summed E-state index contributed by atoms with van der Waals surface area (Å²) in [7, 11) is 5.21. The van der Waals surface area contributed by atoms with Crippen LogP contribution >= 0.6 is 0 Å². The van der Waals surface area contributed by atoms with E-state index in [1.54, 1.807) is 6.82 Å². The van der Waals surface area contributed by atoms with Crippen LogP contribution < -0.4 is 0 Å². The van der Waals surface area contributed by atoms with Crippen molar-refractivity contribution in [3.63, 3.8) is 0 Å². The Hall–Kier alpha value is -0.210. The first kappa shape index (κ1) is 7.89. The van der Waals surface area contributed by atoms with Gasteiger partial charge in [-0.3, -0.25) is 0 Å². The normalized spacial score (nSPS) is 20.4. The molecular weight excluding hydrogens is 124 g/mol. The van der Waals surface area contributed by atoms with E-state index in [1.165, 1.54) is 0 Å². The predicted molar refractivity (Wildman–Crippen MR) is 43.9 cm³/mol. The van der Waals surface area contributed by atoms with Crippen LogP contribution in [-0.2, 0) is 0 Å². The van der Waals surface area contributed by atoms with Gasteiger partial charge in [-0.25, -0.2) is 0 Å². The average Bonchev–Trinajstić information content (AvgIpc) is 1.88. The third kappa shape index (κ3) is 1.89. The number of hydrogen-bond donors (Lipinski definition) is 1. The Morgan fingerprint density at radius 3 is 2.90 bits per heavy atom. The summed E-state index contributed by atoms with van der Waals surface area (Å²) in [5.74, 6) is 0. The fourth-order valence-corrected chi connectivity index (χ4v) is 1.04. The van der Waals surface area contributed by atoms with Gasteiger partial charge < -0.3 is 9.83 Å². The average molecular weight is 135 g/mol. The zero-order valence-corrected chi connectivity index (χ0v) is 6.25. The van der Waals surface area contributed by atoms with Gasteiger partial charge in [0, 0.05) is 6.54 Å². The summed E-state index contributed by atoms with van der Waals surface area (Å²) in [4.78, 5) is 1.97. The SMILES string of the molecule is [B]C1=CCN(B(C)O)CC1. The summed E-state index contributed by atoms with van der Waals surface area (Å²) < 4.78 is 0. The monoisotopic (exact) mass is 135 g/mol. The zero-order chi connectivity index (χ0) is 7.56. The largest absolute Gasteiger partial charge is 0.437 e. The molecule has 1 aliphatic heterocycles. The first-order valence-corrected chi connectivity index (χ1v) is 3.57. The van der Waals surface area contributed by atoms with Crippen molar-refractivity contribution in [3.8, 4) is 0 Å². The van der Waals surface area contributed by atoms with E-state index in [4.69, 9.17) is 12.9 Å². The Morgan fingerprint density at radius 1 is 1.80 bits per heavy atom. The molecule has 0 saturated carbocycles. The molecule has 10 heavy (non-hydrogen) atoms. The minimum absolute atomic E-state index is 0.343. The standard InChI is InChI=1S/C6H11B2NO/c1-8(10)9-4-2-6(7)3-5-9/h2,10H,3-5H2,1H3. The van der Waals surface area contributed by atoms with Crippen LogP contribution in [0.15, 0.2) is 11.5 Å². The lowest BCUT2D eigenvalue weighted by Crippen LogP contribution is -2.40. The van der Waals surface area contributed by atoms with Crippen molar-refractivity contribution in [1.82, 2.24) is 4.81 Å². The van der Waals surface area contributed by atoms with Gasteiger partial charge in [0.2, 0.25) is 0 Å². The third-order valence-corrected chi connectivity index (χ3v) is 1.80. The molecule has 0 saturated heterocycles. The molecule has 0 spiro atoms. The molecule has 1 N–H and O–H groups in total. The van der Waals surface area contributed by atoms with Gasteiger partial charge in [-0.15, -0.1) is 5.47 Å². The topological polar surface area (TPSA) is 23.5 Å². The van der Waals surface area contributed by atoms with Crippen molar-refractivity contribution < 1.29 is 5.02 Å². The Labute approximate surface area is 63.5 Å². The summed E-state index contributed by atoms with van der Waals surface area (Å²) in [6, 6.07) is 0. The van der Waals surface area contributed by atoms with E-state index < -0.39 is 0 Å². The lowest BCUT2D eigenvalue weighted by molar-refractivity contribution is 0.387.